The largest absolute Gasteiger partial charge is 0.378 e. The first-order valence-corrected chi connectivity index (χ1v) is 8.92. The molecular weight excluding hydrogens is 316 g/mol. The molecule has 3 rings (SSSR count). The van der Waals surface area contributed by atoms with Crippen LogP contribution in [-0.4, -0.2) is 40.3 Å². The van der Waals surface area contributed by atoms with Crippen molar-refractivity contribution in [1.29, 1.82) is 0 Å². The minimum absolute atomic E-state index is 0.0353. The number of fused-ring (bicyclic) bond motifs is 1. The Morgan fingerprint density at radius 2 is 2.16 bits per heavy atom. The number of ether oxygens (including phenoxy) is 1. The number of hydrogen-bond acceptors (Lipinski definition) is 4. The van der Waals surface area contributed by atoms with E-state index in [4.69, 9.17) is 10.5 Å². The van der Waals surface area contributed by atoms with E-state index in [9.17, 15) is 4.79 Å². The quantitative estimate of drug-likeness (QED) is 0.840. The second-order valence-electron chi connectivity index (χ2n) is 7.40. The lowest BCUT2D eigenvalue weighted by atomic mass is 9.54. The standard InChI is InChI=1S/C19H28N4O2/c1-5-25-16-12-19(20,18(16,3)4)17(24)21-10-11-23-13(2)22-14-8-6-7-9-15(14)23/h6-9,16H,5,10-12,20H2,1-4H3,(H,21,24). The molecule has 2 aromatic rings. The number of nitrogens with zero attached hydrogens (tertiary/aromatic N) is 2. The third kappa shape index (κ3) is 2.83. The number of carbonyl (C=O) groups excluding carboxylic acids is 1. The second-order valence-corrected chi connectivity index (χ2v) is 7.40. The summed E-state index contributed by atoms with van der Waals surface area (Å²) in [5.41, 5.74) is 7.22. The van der Waals surface area contributed by atoms with Gasteiger partial charge in [-0.3, -0.25) is 4.79 Å². The molecule has 1 fully saturated rings. The first-order valence-electron chi connectivity index (χ1n) is 8.92. The van der Waals surface area contributed by atoms with E-state index in [-0.39, 0.29) is 17.4 Å². The van der Waals surface area contributed by atoms with Crippen LogP contribution in [0.1, 0.15) is 33.0 Å². The van der Waals surface area contributed by atoms with E-state index >= 15 is 0 Å². The fourth-order valence-corrected chi connectivity index (χ4v) is 3.74. The molecule has 1 aromatic carbocycles. The predicted octanol–water partition coefficient (Wildman–Crippen LogP) is 1.99. The number of imidazole rings is 1. The minimum Gasteiger partial charge on any atom is -0.378 e. The molecule has 0 aliphatic heterocycles. The number of amides is 1. The predicted molar refractivity (Wildman–Crippen MR) is 98.2 cm³/mol. The summed E-state index contributed by atoms with van der Waals surface area (Å²) in [6.07, 6.45) is 0.597. The second kappa shape index (κ2) is 6.42. The van der Waals surface area contributed by atoms with Gasteiger partial charge in [-0.25, -0.2) is 4.98 Å². The minimum atomic E-state index is -0.876. The number of carbonyl (C=O) groups is 1. The van der Waals surface area contributed by atoms with Crippen LogP contribution in [0.5, 0.6) is 0 Å². The van der Waals surface area contributed by atoms with Crippen molar-refractivity contribution in [2.75, 3.05) is 13.2 Å². The molecule has 1 heterocycles. The van der Waals surface area contributed by atoms with Crippen LogP contribution in [-0.2, 0) is 16.1 Å². The molecule has 25 heavy (non-hydrogen) atoms. The summed E-state index contributed by atoms with van der Waals surface area (Å²) in [4.78, 5) is 17.2. The molecule has 0 saturated heterocycles. The number of nitrogens with two attached hydrogens (primary N) is 1. The van der Waals surface area contributed by atoms with Crippen LogP contribution in [0, 0.1) is 12.3 Å². The van der Waals surface area contributed by atoms with Crippen LogP contribution in [0.3, 0.4) is 0 Å². The zero-order chi connectivity index (χ0) is 18.2. The Morgan fingerprint density at radius 1 is 1.44 bits per heavy atom. The Kier molecular flexibility index (Phi) is 4.60. The number of rotatable bonds is 6. The molecule has 6 nitrogen and oxygen atoms in total. The van der Waals surface area contributed by atoms with Gasteiger partial charge in [-0.15, -0.1) is 0 Å². The average molecular weight is 344 g/mol. The van der Waals surface area contributed by atoms with E-state index < -0.39 is 5.54 Å². The highest BCUT2D eigenvalue weighted by atomic mass is 16.5. The molecule has 2 unspecified atom stereocenters. The third-order valence-corrected chi connectivity index (χ3v) is 5.70. The van der Waals surface area contributed by atoms with Gasteiger partial charge in [-0.1, -0.05) is 26.0 Å². The number of para-hydroxylation sites is 2. The Bertz CT molecular complexity index is 783. The number of benzene rings is 1. The summed E-state index contributed by atoms with van der Waals surface area (Å²) in [6.45, 7) is 9.78. The molecule has 0 radical (unpaired) electrons. The van der Waals surface area contributed by atoms with Crippen LogP contribution in [0.15, 0.2) is 24.3 Å². The summed E-state index contributed by atoms with van der Waals surface area (Å²) in [5, 5.41) is 3.01. The molecule has 3 N–H and O–H groups in total. The normalized spacial score (nSPS) is 24.9. The average Bonchev–Trinajstić information content (AvgIpc) is 2.90. The molecule has 1 aromatic heterocycles. The molecule has 1 aliphatic carbocycles. The van der Waals surface area contributed by atoms with Gasteiger partial charge in [0, 0.05) is 31.5 Å². The van der Waals surface area contributed by atoms with Gasteiger partial charge in [0.1, 0.15) is 11.4 Å². The van der Waals surface area contributed by atoms with Crippen LogP contribution in [0.25, 0.3) is 11.0 Å². The molecule has 1 amide bonds. The molecule has 1 saturated carbocycles. The van der Waals surface area contributed by atoms with Gasteiger partial charge in [-0.05, 0) is 26.0 Å². The molecule has 0 bridgehead atoms. The summed E-state index contributed by atoms with van der Waals surface area (Å²) in [7, 11) is 0. The SMILES string of the molecule is CCOC1CC(N)(C(=O)NCCn2c(C)nc3ccccc32)C1(C)C. The van der Waals surface area contributed by atoms with E-state index in [1.165, 1.54) is 0 Å². The first-order chi connectivity index (χ1) is 11.8. The van der Waals surface area contributed by atoms with Gasteiger partial charge < -0.3 is 20.4 Å². The lowest BCUT2D eigenvalue weighted by molar-refractivity contribution is -0.170. The van der Waals surface area contributed by atoms with Crippen molar-refractivity contribution in [3.8, 4) is 0 Å². The van der Waals surface area contributed by atoms with Crippen molar-refractivity contribution in [3.63, 3.8) is 0 Å². The number of aryl methyl sites for hydroxylation is 1. The Labute approximate surface area is 148 Å². The van der Waals surface area contributed by atoms with Crippen molar-refractivity contribution in [2.24, 2.45) is 11.1 Å². The van der Waals surface area contributed by atoms with E-state index in [1.54, 1.807) is 0 Å². The molecule has 136 valence electrons. The van der Waals surface area contributed by atoms with Crippen molar-refractivity contribution in [3.05, 3.63) is 30.1 Å². The van der Waals surface area contributed by atoms with Gasteiger partial charge >= 0.3 is 0 Å². The lowest BCUT2D eigenvalue weighted by Gasteiger charge is -2.57. The van der Waals surface area contributed by atoms with Crippen LogP contribution >= 0.6 is 0 Å². The van der Waals surface area contributed by atoms with Crippen molar-refractivity contribution < 1.29 is 9.53 Å². The van der Waals surface area contributed by atoms with E-state index in [0.717, 1.165) is 16.9 Å². The highest BCUT2D eigenvalue weighted by molar-refractivity contribution is 5.88. The molecule has 6 heteroatoms. The smallest absolute Gasteiger partial charge is 0.240 e. The van der Waals surface area contributed by atoms with Crippen LogP contribution in [0.2, 0.25) is 0 Å². The number of hydrogen-bond donors (Lipinski definition) is 2. The zero-order valence-corrected chi connectivity index (χ0v) is 15.5. The third-order valence-electron chi connectivity index (χ3n) is 5.70. The maximum absolute atomic E-state index is 12.7. The molecule has 0 spiro atoms. The monoisotopic (exact) mass is 344 g/mol. The molecule has 1 aliphatic rings. The highest BCUT2D eigenvalue weighted by Crippen LogP contribution is 2.49. The maximum Gasteiger partial charge on any atom is 0.240 e. The first kappa shape index (κ1) is 17.9. The molecular formula is C19H28N4O2. The van der Waals surface area contributed by atoms with Crippen molar-refractivity contribution in [2.45, 2.75) is 52.3 Å². The number of nitrogens with one attached hydrogen (secondary N) is 1. The van der Waals surface area contributed by atoms with Gasteiger partial charge in [0.2, 0.25) is 5.91 Å². The lowest BCUT2D eigenvalue weighted by Crippen LogP contribution is -2.75. The zero-order valence-electron chi connectivity index (χ0n) is 15.5. The highest BCUT2D eigenvalue weighted by Gasteiger charge is 2.62. The van der Waals surface area contributed by atoms with Crippen molar-refractivity contribution >= 4 is 16.9 Å². The van der Waals surface area contributed by atoms with Crippen molar-refractivity contribution in [1.82, 2.24) is 14.9 Å². The van der Waals surface area contributed by atoms with E-state index in [1.807, 2.05) is 52.0 Å². The van der Waals surface area contributed by atoms with Gasteiger partial charge in [0.15, 0.2) is 0 Å². The Hall–Kier alpha value is -1.92. The van der Waals surface area contributed by atoms with Crippen LogP contribution in [0.4, 0.5) is 0 Å². The maximum atomic E-state index is 12.7. The van der Waals surface area contributed by atoms with E-state index in [2.05, 4.69) is 14.9 Å². The summed E-state index contributed by atoms with van der Waals surface area (Å²) in [5.74, 6) is 0.842. The van der Waals surface area contributed by atoms with Gasteiger partial charge in [-0.2, -0.15) is 0 Å². The molecule has 2 atom stereocenters. The van der Waals surface area contributed by atoms with Crippen LogP contribution < -0.4 is 11.1 Å². The van der Waals surface area contributed by atoms with Gasteiger partial charge in [0.25, 0.3) is 0 Å². The summed E-state index contributed by atoms with van der Waals surface area (Å²) >= 11 is 0. The Morgan fingerprint density at radius 3 is 2.84 bits per heavy atom. The van der Waals surface area contributed by atoms with E-state index in [0.29, 0.717) is 26.1 Å². The number of aromatic nitrogens is 2. The topological polar surface area (TPSA) is 82.2 Å². The summed E-state index contributed by atoms with van der Waals surface area (Å²) in [6, 6.07) is 8.02. The fourth-order valence-electron chi connectivity index (χ4n) is 3.74. The van der Waals surface area contributed by atoms with Gasteiger partial charge in [0.05, 0.1) is 17.1 Å². The fraction of sp³-hybridized carbons (Fsp3) is 0.579. The summed E-state index contributed by atoms with van der Waals surface area (Å²) < 4.78 is 7.81. The Balaban J connectivity index is 1.62.